The van der Waals surface area contributed by atoms with Crippen LogP contribution in [0, 0.1) is 0 Å². The summed E-state index contributed by atoms with van der Waals surface area (Å²) >= 11 is 0. The zero-order valence-electron chi connectivity index (χ0n) is 13.6. The van der Waals surface area contributed by atoms with E-state index in [1.807, 2.05) is 42.5 Å². The molecule has 25 heavy (non-hydrogen) atoms. The van der Waals surface area contributed by atoms with Crippen LogP contribution in [-0.4, -0.2) is 24.3 Å². The van der Waals surface area contributed by atoms with E-state index in [1.165, 1.54) is 0 Å². The fourth-order valence-electron chi connectivity index (χ4n) is 2.23. The van der Waals surface area contributed by atoms with Crippen molar-refractivity contribution in [2.24, 2.45) is 0 Å². The molecule has 0 fully saturated rings. The van der Waals surface area contributed by atoms with E-state index in [-0.39, 0.29) is 0 Å². The molecule has 2 N–H and O–H groups in total. The predicted molar refractivity (Wildman–Crippen MR) is 95.9 cm³/mol. The minimum atomic E-state index is -1.49. The normalized spacial score (nSPS) is 10.2. The van der Waals surface area contributed by atoms with E-state index in [9.17, 15) is 0 Å². The molecule has 0 aliphatic carbocycles. The van der Waals surface area contributed by atoms with Gasteiger partial charge >= 0.3 is 7.12 Å². The van der Waals surface area contributed by atoms with Crippen LogP contribution in [0.2, 0.25) is 0 Å². The Balaban J connectivity index is 1.70. The Hall–Kier alpha value is -2.96. The second kappa shape index (κ2) is 7.74. The first-order valence-electron chi connectivity index (χ1n) is 7.70. The maximum absolute atomic E-state index is 9.10. The number of methoxy groups -OCH3 is 1. The van der Waals surface area contributed by atoms with Gasteiger partial charge in [-0.2, -0.15) is 0 Å². The lowest BCUT2D eigenvalue weighted by Crippen LogP contribution is -2.29. The Labute approximate surface area is 146 Å². The van der Waals surface area contributed by atoms with Gasteiger partial charge in [-0.3, -0.25) is 0 Å². The summed E-state index contributed by atoms with van der Waals surface area (Å²) < 4.78 is 16.7. The quantitative estimate of drug-likeness (QED) is 0.678. The van der Waals surface area contributed by atoms with Crippen LogP contribution in [0.1, 0.15) is 0 Å². The van der Waals surface area contributed by atoms with Crippen LogP contribution in [0.25, 0.3) is 0 Å². The van der Waals surface area contributed by atoms with Gasteiger partial charge in [0.15, 0.2) is 0 Å². The summed E-state index contributed by atoms with van der Waals surface area (Å²) in [5.74, 6) is 3.31. The van der Waals surface area contributed by atoms with Crippen molar-refractivity contribution in [2.75, 3.05) is 7.11 Å². The van der Waals surface area contributed by atoms with Crippen molar-refractivity contribution < 1.29 is 24.3 Å². The molecule has 126 valence electrons. The van der Waals surface area contributed by atoms with Crippen molar-refractivity contribution in [1.82, 2.24) is 0 Å². The number of hydrogen-bond donors (Lipinski definition) is 2. The van der Waals surface area contributed by atoms with Crippen molar-refractivity contribution in [3.05, 3.63) is 72.8 Å². The highest BCUT2D eigenvalue weighted by atomic mass is 16.5. The van der Waals surface area contributed by atoms with E-state index >= 15 is 0 Å². The first kappa shape index (κ1) is 16.9. The molecular weight excluding hydrogens is 319 g/mol. The van der Waals surface area contributed by atoms with Crippen LogP contribution in [-0.2, 0) is 0 Å². The largest absolute Gasteiger partial charge is 0.497 e. The third-order valence-corrected chi connectivity index (χ3v) is 3.51. The van der Waals surface area contributed by atoms with Gasteiger partial charge in [-0.15, -0.1) is 0 Å². The lowest BCUT2D eigenvalue weighted by molar-refractivity contribution is 0.412. The molecule has 0 aliphatic heterocycles. The third-order valence-electron chi connectivity index (χ3n) is 3.51. The number of benzene rings is 3. The minimum Gasteiger partial charge on any atom is -0.497 e. The van der Waals surface area contributed by atoms with Crippen LogP contribution < -0.4 is 19.7 Å². The van der Waals surface area contributed by atoms with Gasteiger partial charge in [-0.05, 0) is 54.0 Å². The smallest absolute Gasteiger partial charge is 0.488 e. The van der Waals surface area contributed by atoms with Crippen LogP contribution in [0.3, 0.4) is 0 Å². The topological polar surface area (TPSA) is 68.2 Å². The zero-order valence-corrected chi connectivity index (χ0v) is 13.6. The fraction of sp³-hybridized carbons (Fsp3) is 0.0526. The molecule has 0 heterocycles. The molecule has 3 aromatic rings. The summed E-state index contributed by atoms with van der Waals surface area (Å²) in [4.78, 5) is 0. The molecule has 0 radical (unpaired) electrons. The maximum Gasteiger partial charge on any atom is 0.488 e. The Morgan fingerprint density at radius 2 is 1.12 bits per heavy atom. The highest BCUT2D eigenvalue weighted by Crippen LogP contribution is 2.28. The van der Waals surface area contributed by atoms with E-state index in [0.29, 0.717) is 28.5 Å². The van der Waals surface area contributed by atoms with Gasteiger partial charge in [0.25, 0.3) is 0 Å². The van der Waals surface area contributed by atoms with E-state index in [4.69, 9.17) is 24.3 Å². The van der Waals surface area contributed by atoms with Gasteiger partial charge in [-0.1, -0.05) is 18.2 Å². The van der Waals surface area contributed by atoms with Crippen LogP contribution >= 0.6 is 0 Å². The summed E-state index contributed by atoms with van der Waals surface area (Å²) in [6, 6.07) is 21.1. The molecule has 0 amide bonds. The highest BCUT2D eigenvalue weighted by molar-refractivity contribution is 6.58. The van der Waals surface area contributed by atoms with Crippen LogP contribution in [0.5, 0.6) is 28.7 Å². The monoisotopic (exact) mass is 336 g/mol. The number of rotatable bonds is 6. The predicted octanol–water partition coefficient (Wildman–Crippen LogP) is 2.96. The van der Waals surface area contributed by atoms with E-state index in [1.54, 1.807) is 37.4 Å². The van der Waals surface area contributed by atoms with Gasteiger partial charge in [0.2, 0.25) is 0 Å². The van der Waals surface area contributed by atoms with Crippen molar-refractivity contribution in [3.8, 4) is 28.7 Å². The Morgan fingerprint density at radius 1 is 0.640 bits per heavy atom. The Morgan fingerprint density at radius 3 is 1.60 bits per heavy atom. The molecule has 0 atom stereocenters. The second-order valence-electron chi connectivity index (χ2n) is 5.30. The molecule has 5 nitrogen and oxygen atoms in total. The minimum absolute atomic E-state index is 0.406. The van der Waals surface area contributed by atoms with Gasteiger partial charge in [0.1, 0.15) is 28.7 Å². The molecule has 3 aromatic carbocycles. The van der Waals surface area contributed by atoms with Crippen LogP contribution in [0.15, 0.2) is 72.8 Å². The highest BCUT2D eigenvalue weighted by Gasteiger charge is 2.10. The summed E-state index contributed by atoms with van der Waals surface area (Å²) in [6.07, 6.45) is 0. The van der Waals surface area contributed by atoms with E-state index < -0.39 is 7.12 Å². The summed E-state index contributed by atoms with van der Waals surface area (Å²) in [7, 11) is 0.125. The van der Waals surface area contributed by atoms with Gasteiger partial charge in [0.05, 0.1) is 7.11 Å². The molecular formula is C19H17BO5. The van der Waals surface area contributed by atoms with Gasteiger partial charge in [0, 0.05) is 6.07 Å². The van der Waals surface area contributed by atoms with Crippen LogP contribution in [0.4, 0.5) is 0 Å². The first-order chi connectivity index (χ1) is 12.1. The molecule has 0 bridgehead atoms. The molecule has 0 spiro atoms. The number of ether oxygens (including phenoxy) is 3. The SMILES string of the molecule is COc1ccc(Oc2cccc(Oc3ccc(B(O)O)cc3)c2)cc1. The average molecular weight is 336 g/mol. The maximum atomic E-state index is 9.10. The molecule has 0 aliphatic rings. The molecule has 0 unspecified atom stereocenters. The lowest BCUT2D eigenvalue weighted by Gasteiger charge is -2.10. The lowest BCUT2D eigenvalue weighted by atomic mass is 9.80. The van der Waals surface area contributed by atoms with Crippen molar-refractivity contribution in [2.45, 2.75) is 0 Å². The first-order valence-corrected chi connectivity index (χ1v) is 7.70. The van der Waals surface area contributed by atoms with Crippen molar-refractivity contribution >= 4 is 12.6 Å². The Kier molecular flexibility index (Phi) is 5.23. The summed E-state index contributed by atoms with van der Waals surface area (Å²) in [5, 5.41) is 18.2. The van der Waals surface area contributed by atoms with Gasteiger partial charge in [-0.25, -0.2) is 0 Å². The van der Waals surface area contributed by atoms with Gasteiger partial charge < -0.3 is 24.3 Å². The molecule has 0 aromatic heterocycles. The molecule has 0 saturated carbocycles. The summed E-state index contributed by atoms with van der Waals surface area (Å²) in [6.45, 7) is 0. The zero-order chi connectivity index (χ0) is 17.6. The molecule has 0 saturated heterocycles. The molecule has 6 heteroatoms. The third kappa shape index (κ3) is 4.53. The van der Waals surface area contributed by atoms with Crippen molar-refractivity contribution in [1.29, 1.82) is 0 Å². The average Bonchev–Trinajstić information content (AvgIpc) is 2.63. The second-order valence-corrected chi connectivity index (χ2v) is 5.30. The fourth-order valence-corrected chi connectivity index (χ4v) is 2.23. The number of hydrogen-bond acceptors (Lipinski definition) is 5. The molecule has 3 rings (SSSR count). The van der Waals surface area contributed by atoms with E-state index in [2.05, 4.69) is 0 Å². The standard InChI is InChI=1S/C19H17BO5/c1-23-15-9-11-17(12-10-15)25-19-4-2-3-18(13-19)24-16-7-5-14(6-8-16)20(21)22/h2-13,21-22H,1H3. The van der Waals surface area contributed by atoms with E-state index in [0.717, 1.165) is 5.75 Å². The Bertz CT molecular complexity index is 816. The van der Waals surface area contributed by atoms with Crippen molar-refractivity contribution in [3.63, 3.8) is 0 Å². The summed E-state index contributed by atoms with van der Waals surface area (Å²) in [5.41, 5.74) is 0.406.